The summed E-state index contributed by atoms with van der Waals surface area (Å²) in [6.07, 6.45) is 1.73. The minimum Gasteiger partial charge on any atom is -0.338 e. The van der Waals surface area contributed by atoms with Gasteiger partial charge in [0, 0.05) is 16.1 Å². The maximum atomic E-state index is 13.1. The molecule has 0 aliphatic heterocycles. The Morgan fingerprint density at radius 1 is 1.11 bits per heavy atom. The lowest BCUT2D eigenvalue weighted by Crippen LogP contribution is -1.96. The Bertz CT molecular complexity index is 746. The highest BCUT2D eigenvalue weighted by Crippen LogP contribution is 2.25. The number of nitrogens with one attached hydrogen (secondary N) is 1. The van der Waals surface area contributed by atoms with Crippen molar-refractivity contribution in [2.24, 2.45) is 0 Å². The Labute approximate surface area is 117 Å². The Hall–Kier alpha value is -2.01. The van der Waals surface area contributed by atoms with Gasteiger partial charge in [-0.1, -0.05) is 18.2 Å². The lowest BCUT2D eigenvalue weighted by molar-refractivity contribution is 0.585. The van der Waals surface area contributed by atoms with E-state index in [1.165, 1.54) is 6.07 Å². The fourth-order valence-corrected chi connectivity index (χ4v) is 2.20. The zero-order valence-electron chi connectivity index (χ0n) is 9.77. The first-order valence-electron chi connectivity index (χ1n) is 5.66. The van der Waals surface area contributed by atoms with Crippen LogP contribution in [0.25, 0.3) is 10.9 Å². The largest absolute Gasteiger partial charge is 0.338 e. The maximum absolute atomic E-state index is 13.1. The summed E-state index contributed by atoms with van der Waals surface area (Å²) >= 11 is 3.39. The zero-order chi connectivity index (χ0) is 13.2. The average molecular weight is 318 g/mol. The molecule has 0 atom stereocenters. The van der Waals surface area contributed by atoms with Crippen LogP contribution in [0.5, 0.6) is 0 Å². The number of para-hydroxylation sites is 1. The molecule has 0 unspecified atom stereocenters. The monoisotopic (exact) mass is 317 g/mol. The minimum atomic E-state index is -0.513. The van der Waals surface area contributed by atoms with Crippen molar-refractivity contribution in [1.82, 2.24) is 9.97 Å². The van der Waals surface area contributed by atoms with Crippen LogP contribution in [0.4, 0.5) is 15.9 Å². The number of halogens is 2. The van der Waals surface area contributed by atoms with E-state index < -0.39 is 5.95 Å². The summed E-state index contributed by atoms with van der Waals surface area (Å²) in [5.41, 5.74) is 1.61. The standard InChI is InChI=1S/C14H9BrFN3/c15-10-7-9-3-1-4-11(14(9)17-8-10)18-13-6-2-5-12(16)19-13/h1-8H,(H,18,19). The number of pyridine rings is 2. The summed E-state index contributed by atoms with van der Waals surface area (Å²) < 4.78 is 14.0. The van der Waals surface area contributed by atoms with Crippen molar-refractivity contribution in [2.45, 2.75) is 0 Å². The zero-order valence-corrected chi connectivity index (χ0v) is 11.4. The van der Waals surface area contributed by atoms with Crippen LogP contribution in [0.1, 0.15) is 0 Å². The van der Waals surface area contributed by atoms with Gasteiger partial charge in [0.2, 0.25) is 5.95 Å². The molecule has 0 saturated carbocycles. The van der Waals surface area contributed by atoms with Crippen LogP contribution in [0.15, 0.2) is 53.1 Å². The third kappa shape index (κ3) is 2.56. The summed E-state index contributed by atoms with van der Waals surface area (Å²) in [4.78, 5) is 8.15. The molecule has 0 bridgehead atoms. The van der Waals surface area contributed by atoms with Gasteiger partial charge in [-0.2, -0.15) is 4.39 Å². The van der Waals surface area contributed by atoms with Gasteiger partial charge < -0.3 is 5.32 Å². The van der Waals surface area contributed by atoms with E-state index in [1.807, 2.05) is 24.3 Å². The second kappa shape index (κ2) is 4.93. The molecule has 94 valence electrons. The number of anilines is 2. The van der Waals surface area contributed by atoms with E-state index in [0.29, 0.717) is 5.82 Å². The van der Waals surface area contributed by atoms with Gasteiger partial charge in [-0.25, -0.2) is 4.98 Å². The van der Waals surface area contributed by atoms with E-state index in [-0.39, 0.29) is 0 Å². The number of benzene rings is 1. The number of hydrogen-bond donors (Lipinski definition) is 1. The molecule has 3 aromatic rings. The minimum absolute atomic E-state index is 0.456. The predicted molar refractivity (Wildman–Crippen MR) is 76.9 cm³/mol. The molecule has 0 spiro atoms. The van der Waals surface area contributed by atoms with Crippen LogP contribution in [0.3, 0.4) is 0 Å². The average Bonchev–Trinajstić information content (AvgIpc) is 2.38. The molecule has 0 amide bonds. The molecule has 5 heteroatoms. The van der Waals surface area contributed by atoms with E-state index in [1.54, 1.807) is 18.3 Å². The maximum Gasteiger partial charge on any atom is 0.214 e. The van der Waals surface area contributed by atoms with Gasteiger partial charge in [-0.05, 0) is 40.2 Å². The molecule has 3 nitrogen and oxygen atoms in total. The van der Waals surface area contributed by atoms with Gasteiger partial charge in [0.25, 0.3) is 0 Å². The Balaban J connectivity index is 2.06. The van der Waals surface area contributed by atoms with Gasteiger partial charge in [-0.15, -0.1) is 0 Å². The molecule has 0 aliphatic rings. The van der Waals surface area contributed by atoms with Crippen molar-refractivity contribution in [3.63, 3.8) is 0 Å². The summed E-state index contributed by atoms with van der Waals surface area (Å²) in [5.74, 6) is -0.0573. The quantitative estimate of drug-likeness (QED) is 0.717. The van der Waals surface area contributed by atoms with Crippen molar-refractivity contribution in [1.29, 1.82) is 0 Å². The lowest BCUT2D eigenvalue weighted by Gasteiger charge is -2.08. The number of aromatic nitrogens is 2. The molecule has 0 aliphatic carbocycles. The van der Waals surface area contributed by atoms with Crippen LogP contribution in [-0.2, 0) is 0 Å². The molecule has 0 saturated heterocycles. The van der Waals surface area contributed by atoms with Crippen molar-refractivity contribution in [3.8, 4) is 0 Å². The van der Waals surface area contributed by atoms with Crippen LogP contribution in [-0.4, -0.2) is 9.97 Å². The van der Waals surface area contributed by atoms with Crippen molar-refractivity contribution in [3.05, 3.63) is 59.1 Å². The molecule has 0 radical (unpaired) electrons. The van der Waals surface area contributed by atoms with Crippen LogP contribution in [0, 0.1) is 5.95 Å². The number of nitrogens with zero attached hydrogens (tertiary/aromatic N) is 2. The third-order valence-corrected chi connectivity index (χ3v) is 3.09. The van der Waals surface area contributed by atoms with E-state index >= 15 is 0 Å². The summed E-state index contributed by atoms with van der Waals surface area (Å²) in [6.45, 7) is 0. The molecular weight excluding hydrogens is 309 g/mol. The van der Waals surface area contributed by atoms with Crippen LogP contribution >= 0.6 is 15.9 Å². The molecule has 2 aromatic heterocycles. The highest BCUT2D eigenvalue weighted by atomic mass is 79.9. The number of fused-ring (bicyclic) bond motifs is 1. The third-order valence-electron chi connectivity index (χ3n) is 2.66. The van der Waals surface area contributed by atoms with Gasteiger partial charge in [0.15, 0.2) is 0 Å². The number of hydrogen-bond acceptors (Lipinski definition) is 3. The highest BCUT2D eigenvalue weighted by Gasteiger charge is 2.04. The van der Waals surface area contributed by atoms with Crippen molar-refractivity contribution >= 4 is 38.3 Å². The Kier molecular flexibility index (Phi) is 3.13. The molecule has 0 fully saturated rings. The van der Waals surface area contributed by atoms with Crippen LogP contribution in [0.2, 0.25) is 0 Å². The van der Waals surface area contributed by atoms with Gasteiger partial charge in [0.1, 0.15) is 5.82 Å². The molecular formula is C14H9BrFN3. The lowest BCUT2D eigenvalue weighted by atomic mass is 10.2. The smallest absolute Gasteiger partial charge is 0.214 e. The molecule has 19 heavy (non-hydrogen) atoms. The second-order valence-corrected chi connectivity index (χ2v) is 4.92. The Morgan fingerprint density at radius 2 is 1.95 bits per heavy atom. The fourth-order valence-electron chi connectivity index (χ4n) is 1.85. The highest BCUT2D eigenvalue weighted by molar-refractivity contribution is 9.10. The first kappa shape index (κ1) is 12.0. The van der Waals surface area contributed by atoms with E-state index in [4.69, 9.17) is 0 Å². The Morgan fingerprint density at radius 3 is 2.79 bits per heavy atom. The van der Waals surface area contributed by atoms with Crippen LogP contribution < -0.4 is 5.32 Å². The summed E-state index contributed by atoms with van der Waals surface area (Å²) in [5, 5.41) is 4.07. The topological polar surface area (TPSA) is 37.8 Å². The fraction of sp³-hybridized carbons (Fsp3) is 0. The molecule has 1 aromatic carbocycles. The first-order valence-corrected chi connectivity index (χ1v) is 6.45. The van der Waals surface area contributed by atoms with Crippen molar-refractivity contribution in [2.75, 3.05) is 5.32 Å². The SMILES string of the molecule is Fc1cccc(Nc2cccc3cc(Br)cnc23)n1. The van der Waals surface area contributed by atoms with Gasteiger partial charge in [0.05, 0.1) is 11.2 Å². The molecule has 1 N–H and O–H groups in total. The second-order valence-electron chi connectivity index (χ2n) is 4.00. The number of rotatable bonds is 2. The van der Waals surface area contributed by atoms with E-state index in [9.17, 15) is 4.39 Å². The first-order chi connectivity index (χ1) is 9.22. The van der Waals surface area contributed by atoms with E-state index in [2.05, 4.69) is 31.2 Å². The normalized spacial score (nSPS) is 10.6. The summed E-state index contributed by atoms with van der Waals surface area (Å²) in [7, 11) is 0. The molecule has 2 heterocycles. The molecule has 3 rings (SSSR count). The van der Waals surface area contributed by atoms with Gasteiger partial charge >= 0.3 is 0 Å². The van der Waals surface area contributed by atoms with Gasteiger partial charge in [-0.3, -0.25) is 4.98 Å². The summed E-state index contributed by atoms with van der Waals surface area (Å²) in [6, 6.07) is 12.4. The van der Waals surface area contributed by atoms with Crippen molar-refractivity contribution < 1.29 is 4.39 Å². The predicted octanol–water partition coefficient (Wildman–Crippen LogP) is 4.28. The van der Waals surface area contributed by atoms with E-state index in [0.717, 1.165) is 21.1 Å².